The Kier molecular flexibility index (Phi) is 5.12. The summed E-state index contributed by atoms with van der Waals surface area (Å²) in [5, 5.41) is 2.93. The number of nitrogens with one attached hydrogen (secondary N) is 1. The third kappa shape index (κ3) is 4.01. The van der Waals surface area contributed by atoms with E-state index in [1.807, 2.05) is 0 Å². The Bertz CT molecular complexity index is 630. The van der Waals surface area contributed by atoms with Gasteiger partial charge in [0.2, 0.25) is 10.0 Å². The fourth-order valence-corrected chi connectivity index (χ4v) is 3.58. The van der Waals surface area contributed by atoms with Gasteiger partial charge < -0.3 is 5.32 Å². The molecule has 0 saturated carbocycles. The summed E-state index contributed by atoms with van der Waals surface area (Å²) in [6.45, 7) is 4.58. The van der Waals surface area contributed by atoms with E-state index in [4.69, 9.17) is 0 Å². The van der Waals surface area contributed by atoms with Gasteiger partial charge in [-0.05, 0) is 19.3 Å². The van der Waals surface area contributed by atoms with Crippen molar-refractivity contribution in [2.45, 2.75) is 32.7 Å². The van der Waals surface area contributed by atoms with Crippen LogP contribution in [0.3, 0.4) is 0 Å². The molecule has 1 aromatic heterocycles. The first kappa shape index (κ1) is 16.8. The topological polar surface area (TPSA) is 92.3 Å². The molecule has 1 N–H and O–H groups in total. The molecule has 122 valence electrons. The highest BCUT2D eigenvalue weighted by atomic mass is 32.2. The molecule has 0 bridgehead atoms. The molecule has 0 spiro atoms. The van der Waals surface area contributed by atoms with Crippen LogP contribution < -0.4 is 5.32 Å². The van der Waals surface area contributed by atoms with Crippen molar-refractivity contribution in [3.63, 3.8) is 0 Å². The molecular weight excluding hydrogens is 304 g/mol. The standard InChI is InChI=1S/C14H22N4O3S/c1-4-5-11-8-18(22(3,20)21)9-13(11)17-14(19)12-6-15-10(2)16-7-12/h6-7,11,13H,4-5,8-9H2,1-3H3,(H,17,19)/t11-,13-/m1/s1. The lowest BCUT2D eigenvalue weighted by atomic mass is 9.98. The zero-order valence-electron chi connectivity index (χ0n) is 13.1. The average Bonchev–Trinajstić information content (AvgIpc) is 2.83. The summed E-state index contributed by atoms with van der Waals surface area (Å²) < 4.78 is 24.9. The zero-order valence-corrected chi connectivity index (χ0v) is 13.9. The van der Waals surface area contributed by atoms with Gasteiger partial charge in [-0.3, -0.25) is 4.79 Å². The third-order valence-electron chi connectivity index (χ3n) is 3.90. The predicted octanol–water partition coefficient (Wildman–Crippen LogP) is 0.575. The van der Waals surface area contributed by atoms with E-state index >= 15 is 0 Å². The van der Waals surface area contributed by atoms with Gasteiger partial charge in [0.05, 0.1) is 11.8 Å². The maximum atomic E-state index is 12.3. The fraction of sp³-hybridized carbons (Fsp3) is 0.643. The summed E-state index contributed by atoms with van der Waals surface area (Å²) in [5.74, 6) is 0.473. The maximum absolute atomic E-state index is 12.3. The molecule has 1 saturated heterocycles. The van der Waals surface area contributed by atoms with Crippen LogP contribution in [0.1, 0.15) is 35.9 Å². The first-order valence-electron chi connectivity index (χ1n) is 7.36. The number of rotatable bonds is 5. The molecule has 2 heterocycles. The number of hydrogen-bond acceptors (Lipinski definition) is 5. The molecule has 0 aromatic carbocycles. The third-order valence-corrected chi connectivity index (χ3v) is 5.13. The number of nitrogens with zero attached hydrogens (tertiary/aromatic N) is 3. The summed E-state index contributed by atoms with van der Waals surface area (Å²) in [5.41, 5.74) is 0.388. The quantitative estimate of drug-likeness (QED) is 0.854. The minimum absolute atomic E-state index is 0.134. The van der Waals surface area contributed by atoms with Crippen LogP contribution >= 0.6 is 0 Å². The van der Waals surface area contributed by atoms with Gasteiger partial charge in [-0.1, -0.05) is 13.3 Å². The second-order valence-electron chi connectivity index (χ2n) is 5.73. The van der Waals surface area contributed by atoms with Crippen LogP contribution in [0.5, 0.6) is 0 Å². The van der Waals surface area contributed by atoms with E-state index in [2.05, 4.69) is 22.2 Å². The van der Waals surface area contributed by atoms with Crippen molar-refractivity contribution in [1.82, 2.24) is 19.6 Å². The number of carbonyl (C=O) groups is 1. The van der Waals surface area contributed by atoms with Crippen LogP contribution in [-0.2, 0) is 10.0 Å². The second kappa shape index (κ2) is 6.70. The first-order chi connectivity index (χ1) is 10.3. The molecule has 1 fully saturated rings. The summed E-state index contributed by atoms with van der Waals surface area (Å²) in [7, 11) is -3.24. The van der Waals surface area contributed by atoms with Crippen molar-refractivity contribution in [2.24, 2.45) is 5.92 Å². The zero-order chi connectivity index (χ0) is 16.3. The van der Waals surface area contributed by atoms with Gasteiger partial charge in [0.1, 0.15) is 5.82 Å². The Balaban J connectivity index is 2.09. The van der Waals surface area contributed by atoms with E-state index in [9.17, 15) is 13.2 Å². The average molecular weight is 326 g/mol. The van der Waals surface area contributed by atoms with E-state index in [-0.39, 0.29) is 17.9 Å². The summed E-state index contributed by atoms with van der Waals surface area (Å²) in [6.07, 6.45) is 5.99. The number of aryl methyl sites for hydroxylation is 1. The van der Waals surface area contributed by atoms with E-state index in [1.54, 1.807) is 6.92 Å². The summed E-state index contributed by atoms with van der Waals surface area (Å²) in [4.78, 5) is 20.3. The van der Waals surface area contributed by atoms with Crippen LogP contribution in [0.2, 0.25) is 0 Å². The van der Waals surface area contributed by atoms with Crippen LogP contribution in [-0.4, -0.2) is 54.0 Å². The monoisotopic (exact) mass is 326 g/mol. The second-order valence-corrected chi connectivity index (χ2v) is 7.71. The highest BCUT2D eigenvalue weighted by molar-refractivity contribution is 7.88. The largest absolute Gasteiger partial charge is 0.348 e. The van der Waals surface area contributed by atoms with Gasteiger partial charge in [0.15, 0.2) is 0 Å². The molecule has 2 atom stereocenters. The number of sulfonamides is 1. The van der Waals surface area contributed by atoms with Crippen molar-refractivity contribution in [2.75, 3.05) is 19.3 Å². The maximum Gasteiger partial charge on any atom is 0.254 e. The van der Waals surface area contributed by atoms with Crippen LogP contribution in [0.15, 0.2) is 12.4 Å². The van der Waals surface area contributed by atoms with Crippen molar-refractivity contribution < 1.29 is 13.2 Å². The minimum atomic E-state index is -3.24. The molecule has 1 aliphatic heterocycles. The molecule has 22 heavy (non-hydrogen) atoms. The number of carbonyl (C=O) groups excluding carboxylic acids is 1. The first-order valence-corrected chi connectivity index (χ1v) is 9.20. The van der Waals surface area contributed by atoms with E-state index in [0.29, 0.717) is 24.5 Å². The van der Waals surface area contributed by atoms with Crippen molar-refractivity contribution in [3.8, 4) is 0 Å². The minimum Gasteiger partial charge on any atom is -0.348 e. The van der Waals surface area contributed by atoms with Gasteiger partial charge in [-0.2, -0.15) is 4.31 Å². The lowest BCUT2D eigenvalue weighted by Crippen LogP contribution is -2.41. The van der Waals surface area contributed by atoms with Gasteiger partial charge in [-0.25, -0.2) is 18.4 Å². The molecule has 2 rings (SSSR count). The van der Waals surface area contributed by atoms with Crippen LogP contribution in [0.25, 0.3) is 0 Å². The summed E-state index contributed by atoms with van der Waals surface area (Å²) in [6, 6.07) is -0.177. The van der Waals surface area contributed by atoms with Gasteiger partial charge in [-0.15, -0.1) is 0 Å². The predicted molar refractivity (Wildman–Crippen MR) is 82.8 cm³/mol. The number of hydrogen-bond donors (Lipinski definition) is 1. The molecule has 0 unspecified atom stereocenters. The normalized spacial score (nSPS) is 22.7. The van der Waals surface area contributed by atoms with Gasteiger partial charge >= 0.3 is 0 Å². The van der Waals surface area contributed by atoms with E-state index in [0.717, 1.165) is 12.8 Å². The van der Waals surface area contributed by atoms with Crippen LogP contribution in [0.4, 0.5) is 0 Å². The SMILES string of the molecule is CCC[C@@H]1CN(S(C)(=O)=O)C[C@H]1NC(=O)c1cnc(C)nc1. The van der Waals surface area contributed by atoms with Crippen molar-refractivity contribution in [3.05, 3.63) is 23.8 Å². The molecule has 1 aromatic rings. The number of amides is 1. The molecule has 1 aliphatic rings. The Morgan fingerprint density at radius 2 is 2.00 bits per heavy atom. The van der Waals surface area contributed by atoms with Gasteiger partial charge in [0, 0.05) is 31.5 Å². The Morgan fingerprint density at radius 1 is 1.36 bits per heavy atom. The molecule has 1 amide bonds. The molecule has 7 nitrogen and oxygen atoms in total. The lowest BCUT2D eigenvalue weighted by molar-refractivity contribution is 0.0929. The van der Waals surface area contributed by atoms with Crippen molar-refractivity contribution in [1.29, 1.82) is 0 Å². The number of aromatic nitrogens is 2. The fourth-order valence-electron chi connectivity index (χ4n) is 2.69. The smallest absolute Gasteiger partial charge is 0.254 e. The molecule has 0 aliphatic carbocycles. The highest BCUT2D eigenvalue weighted by Gasteiger charge is 2.37. The van der Waals surface area contributed by atoms with E-state index < -0.39 is 10.0 Å². The lowest BCUT2D eigenvalue weighted by Gasteiger charge is -2.19. The Morgan fingerprint density at radius 3 is 2.55 bits per heavy atom. The highest BCUT2D eigenvalue weighted by Crippen LogP contribution is 2.24. The van der Waals surface area contributed by atoms with Crippen LogP contribution in [0, 0.1) is 12.8 Å². The molecule has 8 heteroatoms. The Labute approximate surface area is 131 Å². The molecular formula is C14H22N4O3S. The summed E-state index contributed by atoms with van der Waals surface area (Å²) >= 11 is 0. The van der Waals surface area contributed by atoms with E-state index in [1.165, 1.54) is 23.0 Å². The Hall–Kier alpha value is -1.54. The van der Waals surface area contributed by atoms with Gasteiger partial charge in [0.25, 0.3) is 5.91 Å². The molecule has 0 radical (unpaired) electrons. The van der Waals surface area contributed by atoms with Crippen molar-refractivity contribution >= 4 is 15.9 Å².